The first-order valence-electron chi connectivity index (χ1n) is 4.61. The molecule has 0 unspecified atom stereocenters. The molecule has 1 fully saturated rings. The summed E-state index contributed by atoms with van der Waals surface area (Å²) in [5.41, 5.74) is 1.46. The van der Waals surface area contributed by atoms with Crippen molar-refractivity contribution in [1.82, 2.24) is 5.32 Å². The van der Waals surface area contributed by atoms with E-state index in [1.54, 1.807) is 6.08 Å². The molecule has 74 valence electrons. The smallest absolute Gasteiger partial charge is 0.130 e. The van der Waals surface area contributed by atoms with E-state index in [1.807, 2.05) is 0 Å². The topological polar surface area (TPSA) is 12.0 Å². The Morgan fingerprint density at radius 2 is 2.14 bits per heavy atom. The average Bonchev–Trinajstić information content (AvgIpc) is 2.64. The van der Waals surface area contributed by atoms with E-state index in [2.05, 4.69) is 5.32 Å². The summed E-state index contributed by atoms with van der Waals surface area (Å²) in [4.78, 5) is 0. The van der Waals surface area contributed by atoms with E-state index >= 15 is 0 Å². The van der Waals surface area contributed by atoms with Crippen molar-refractivity contribution in [3.63, 3.8) is 0 Å². The number of benzene rings is 1. The lowest BCUT2D eigenvalue weighted by Crippen LogP contribution is -2.04. The molecule has 0 radical (unpaired) electrons. The Balaban J connectivity index is 2.31. The fourth-order valence-corrected chi connectivity index (χ4v) is 1.55. The lowest BCUT2D eigenvalue weighted by molar-refractivity contribution is 0.598. The molecule has 3 heteroatoms. The van der Waals surface area contributed by atoms with Gasteiger partial charge in [-0.15, -0.1) is 0 Å². The zero-order valence-electron chi connectivity index (χ0n) is 7.69. The Labute approximate surface area is 81.4 Å². The molecule has 1 saturated heterocycles. The highest BCUT2D eigenvalue weighted by Crippen LogP contribution is 2.16. The molecule has 0 aromatic heterocycles. The van der Waals surface area contributed by atoms with E-state index in [0.717, 1.165) is 37.2 Å². The van der Waals surface area contributed by atoms with Crippen LogP contribution in [0.4, 0.5) is 8.78 Å². The van der Waals surface area contributed by atoms with Gasteiger partial charge in [0.15, 0.2) is 0 Å². The largest absolute Gasteiger partial charge is 0.313 e. The minimum atomic E-state index is -0.399. The van der Waals surface area contributed by atoms with E-state index in [4.69, 9.17) is 0 Å². The van der Waals surface area contributed by atoms with E-state index in [1.165, 1.54) is 6.07 Å². The van der Waals surface area contributed by atoms with Crippen LogP contribution < -0.4 is 5.32 Å². The number of hydrogen-bond donors (Lipinski definition) is 1. The summed E-state index contributed by atoms with van der Waals surface area (Å²) in [6.45, 7) is 1.69. The molecule has 0 bridgehead atoms. The zero-order valence-corrected chi connectivity index (χ0v) is 7.69. The van der Waals surface area contributed by atoms with Crippen LogP contribution in [0.25, 0.3) is 6.08 Å². The van der Waals surface area contributed by atoms with Crippen molar-refractivity contribution in [2.24, 2.45) is 0 Å². The van der Waals surface area contributed by atoms with Crippen molar-refractivity contribution < 1.29 is 8.78 Å². The lowest BCUT2D eigenvalue weighted by atomic mass is 10.1. The first-order chi connectivity index (χ1) is 6.75. The highest BCUT2D eigenvalue weighted by atomic mass is 19.1. The molecule has 0 amide bonds. The second-order valence-electron chi connectivity index (χ2n) is 3.40. The van der Waals surface area contributed by atoms with Gasteiger partial charge in [-0.25, -0.2) is 8.78 Å². The molecule has 1 aliphatic heterocycles. The van der Waals surface area contributed by atoms with Gasteiger partial charge in [0.2, 0.25) is 0 Å². The maximum atomic E-state index is 13.2. The molecule has 0 spiro atoms. The summed E-state index contributed by atoms with van der Waals surface area (Å²) < 4.78 is 26.0. The third-order valence-corrected chi connectivity index (χ3v) is 2.29. The molecule has 14 heavy (non-hydrogen) atoms. The fraction of sp³-hybridized carbons (Fsp3) is 0.273. The summed E-state index contributed by atoms with van der Waals surface area (Å²) in [6, 6.07) is 3.51. The second-order valence-corrected chi connectivity index (χ2v) is 3.40. The molecular formula is C11H11F2N. The lowest BCUT2D eigenvalue weighted by Gasteiger charge is -1.99. The number of halogens is 2. The monoisotopic (exact) mass is 195 g/mol. The minimum absolute atomic E-state index is 0.337. The molecule has 1 nitrogen and oxygen atoms in total. The molecule has 2 rings (SSSR count). The van der Waals surface area contributed by atoms with Crippen LogP contribution in [0.1, 0.15) is 12.0 Å². The highest BCUT2D eigenvalue weighted by molar-refractivity contribution is 5.54. The summed E-state index contributed by atoms with van der Waals surface area (Å²) in [5, 5.41) is 3.14. The van der Waals surface area contributed by atoms with E-state index < -0.39 is 5.82 Å². The minimum Gasteiger partial charge on any atom is -0.313 e. The van der Waals surface area contributed by atoms with Crippen LogP contribution in [0, 0.1) is 11.6 Å². The van der Waals surface area contributed by atoms with E-state index in [-0.39, 0.29) is 5.82 Å². The summed E-state index contributed by atoms with van der Waals surface area (Å²) in [6.07, 6.45) is 2.63. The van der Waals surface area contributed by atoms with Crippen LogP contribution >= 0.6 is 0 Å². The molecule has 1 aromatic rings. The van der Waals surface area contributed by atoms with Crippen LogP contribution in [-0.4, -0.2) is 13.1 Å². The molecule has 1 heterocycles. The maximum absolute atomic E-state index is 13.2. The standard InChI is InChI=1S/C11H11F2N/c12-10-1-2-11(13)9(6-10)5-8-3-4-14-7-8/h1-2,5-6,14H,3-4,7H2. The third kappa shape index (κ3) is 1.99. The van der Waals surface area contributed by atoms with Crippen LogP contribution in [0.15, 0.2) is 23.8 Å². The van der Waals surface area contributed by atoms with Gasteiger partial charge in [-0.05, 0) is 31.2 Å². The van der Waals surface area contributed by atoms with Gasteiger partial charge < -0.3 is 5.32 Å². The molecule has 0 atom stereocenters. The Hall–Kier alpha value is -1.22. The van der Waals surface area contributed by atoms with Crippen molar-refractivity contribution in [2.45, 2.75) is 6.42 Å². The predicted molar refractivity (Wildman–Crippen MR) is 51.8 cm³/mol. The van der Waals surface area contributed by atoms with Crippen LogP contribution in [0.5, 0.6) is 0 Å². The Morgan fingerprint density at radius 1 is 1.29 bits per heavy atom. The average molecular weight is 195 g/mol. The fourth-order valence-electron chi connectivity index (χ4n) is 1.55. The molecule has 1 N–H and O–H groups in total. The van der Waals surface area contributed by atoms with Crippen molar-refractivity contribution in [3.8, 4) is 0 Å². The van der Waals surface area contributed by atoms with Gasteiger partial charge in [0.25, 0.3) is 0 Å². The first kappa shape index (κ1) is 9.34. The summed E-state index contributed by atoms with van der Waals surface area (Å²) in [5.74, 6) is -0.769. The van der Waals surface area contributed by atoms with Crippen molar-refractivity contribution >= 4 is 6.08 Å². The van der Waals surface area contributed by atoms with Crippen molar-refractivity contribution in [1.29, 1.82) is 0 Å². The Morgan fingerprint density at radius 3 is 2.86 bits per heavy atom. The van der Waals surface area contributed by atoms with Gasteiger partial charge >= 0.3 is 0 Å². The summed E-state index contributed by atoms with van der Waals surface area (Å²) >= 11 is 0. The summed E-state index contributed by atoms with van der Waals surface area (Å²) in [7, 11) is 0. The molecular weight excluding hydrogens is 184 g/mol. The molecule has 1 aliphatic rings. The zero-order chi connectivity index (χ0) is 9.97. The van der Waals surface area contributed by atoms with Gasteiger partial charge in [0.1, 0.15) is 11.6 Å². The normalized spacial score (nSPS) is 19.1. The van der Waals surface area contributed by atoms with E-state index in [9.17, 15) is 8.78 Å². The van der Waals surface area contributed by atoms with Gasteiger partial charge in [0.05, 0.1) is 0 Å². The van der Waals surface area contributed by atoms with Crippen LogP contribution in [0.2, 0.25) is 0 Å². The van der Waals surface area contributed by atoms with Gasteiger partial charge in [-0.3, -0.25) is 0 Å². The highest BCUT2D eigenvalue weighted by Gasteiger charge is 2.07. The van der Waals surface area contributed by atoms with Gasteiger partial charge in [0, 0.05) is 12.1 Å². The van der Waals surface area contributed by atoms with E-state index in [0.29, 0.717) is 5.56 Å². The van der Waals surface area contributed by atoms with Crippen molar-refractivity contribution in [3.05, 3.63) is 41.0 Å². The number of hydrogen-bond acceptors (Lipinski definition) is 1. The van der Waals surface area contributed by atoms with Crippen molar-refractivity contribution in [2.75, 3.05) is 13.1 Å². The predicted octanol–water partition coefficient (Wildman–Crippen LogP) is 2.34. The maximum Gasteiger partial charge on any atom is 0.130 e. The second kappa shape index (κ2) is 3.88. The molecule has 0 saturated carbocycles. The van der Waals surface area contributed by atoms with Gasteiger partial charge in [-0.1, -0.05) is 11.6 Å². The number of rotatable bonds is 1. The first-order valence-corrected chi connectivity index (χ1v) is 4.61. The molecule has 0 aliphatic carbocycles. The Kier molecular flexibility index (Phi) is 2.59. The van der Waals surface area contributed by atoms with Crippen LogP contribution in [0.3, 0.4) is 0 Å². The quantitative estimate of drug-likeness (QED) is 0.725. The van der Waals surface area contributed by atoms with Gasteiger partial charge in [-0.2, -0.15) is 0 Å². The van der Waals surface area contributed by atoms with Crippen LogP contribution in [-0.2, 0) is 0 Å². The third-order valence-electron chi connectivity index (χ3n) is 2.29. The Bertz CT molecular complexity index is 364. The SMILES string of the molecule is Fc1ccc(F)c(C=C2CCNC2)c1. The number of nitrogens with one attached hydrogen (secondary N) is 1. The molecule has 1 aromatic carbocycles.